The van der Waals surface area contributed by atoms with Gasteiger partial charge >= 0.3 is 0 Å². The average molecular weight is 376 g/mol. The summed E-state index contributed by atoms with van der Waals surface area (Å²) >= 11 is 5.98. The molecule has 9 heteroatoms. The molecule has 1 aromatic heterocycles. The number of hydrogen-bond donors (Lipinski definition) is 3. The van der Waals surface area contributed by atoms with E-state index in [-0.39, 0.29) is 4.90 Å². The molecule has 5 N–H and O–H groups in total. The summed E-state index contributed by atoms with van der Waals surface area (Å²) in [4.78, 5) is 4.27. The molecule has 128 valence electrons. The van der Waals surface area contributed by atoms with Gasteiger partial charge in [-0.2, -0.15) is 8.42 Å². The molecular weight excluding hydrogens is 362 g/mol. The number of nitrogens with zero attached hydrogens (tertiary/aromatic N) is 2. The lowest BCUT2D eigenvalue weighted by atomic mass is 10.2. The van der Waals surface area contributed by atoms with Crippen LogP contribution in [0.25, 0.3) is 10.9 Å². The van der Waals surface area contributed by atoms with Gasteiger partial charge in [0.2, 0.25) is 5.96 Å². The number of sulfonamides is 1. The van der Waals surface area contributed by atoms with Gasteiger partial charge in [0.25, 0.3) is 10.0 Å². The average Bonchev–Trinajstić information content (AvgIpc) is 2.54. The monoisotopic (exact) mass is 375 g/mol. The normalized spacial score (nSPS) is 11.2. The zero-order valence-electron chi connectivity index (χ0n) is 12.8. The first-order valence-electron chi connectivity index (χ1n) is 7.12. The Balaban J connectivity index is 1.91. The molecule has 0 radical (unpaired) electrons. The van der Waals surface area contributed by atoms with E-state index >= 15 is 0 Å². The molecule has 0 unspecified atom stereocenters. The summed E-state index contributed by atoms with van der Waals surface area (Å²) in [6.45, 7) is 0. The SMILES string of the molecule is NC(N)=NS(=O)(=O)c1ccc(Nc2ccnc3cc(Cl)ccc23)cc1. The molecule has 0 aliphatic heterocycles. The predicted octanol–water partition coefficient (Wildman–Crippen LogP) is 2.59. The van der Waals surface area contributed by atoms with Crippen LogP contribution in [0.3, 0.4) is 0 Å². The fraction of sp³-hybridized carbons (Fsp3) is 0. The van der Waals surface area contributed by atoms with Crippen molar-refractivity contribution in [2.45, 2.75) is 4.90 Å². The number of halogens is 1. The first-order valence-corrected chi connectivity index (χ1v) is 8.94. The van der Waals surface area contributed by atoms with E-state index in [0.717, 1.165) is 16.6 Å². The van der Waals surface area contributed by atoms with E-state index < -0.39 is 16.0 Å². The van der Waals surface area contributed by atoms with Gasteiger partial charge in [-0.1, -0.05) is 11.6 Å². The van der Waals surface area contributed by atoms with Crippen LogP contribution >= 0.6 is 11.6 Å². The lowest BCUT2D eigenvalue weighted by Gasteiger charge is -2.10. The lowest BCUT2D eigenvalue weighted by molar-refractivity contribution is 0.598. The van der Waals surface area contributed by atoms with Gasteiger partial charge in [0.05, 0.1) is 10.4 Å². The topological polar surface area (TPSA) is 123 Å². The van der Waals surface area contributed by atoms with Crippen molar-refractivity contribution in [3.05, 3.63) is 59.8 Å². The number of anilines is 2. The van der Waals surface area contributed by atoms with Gasteiger partial charge < -0.3 is 16.8 Å². The van der Waals surface area contributed by atoms with Crippen LogP contribution in [0.1, 0.15) is 0 Å². The van der Waals surface area contributed by atoms with Gasteiger partial charge in [0, 0.05) is 28.0 Å². The quantitative estimate of drug-likeness (QED) is 0.475. The minimum absolute atomic E-state index is 0.00202. The molecule has 0 bridgehead atoms. The number of fused-ring (bicyclic) bond motifs is 1. The Morgan fingerprint density at radius 2 is 1.80 bits per heavy atom. The fourth-order valence-electron chi connectivity index (χ4n) is 2.29. The number of aromatic nitrogens is 1. The Bertz CT molecular complexity index is 1060. The molecule has 2 aromatic carbocycles. The van der Waals surface area contributed by atoms with Crippen LogP contribution in [0.5, 0.6) is 0 Å². The number of hydrogen-bond acceptors (Lipinski definition) is 4. The van der Waals surface area contributed by atoms with Crippen molar-refractivity contribution >= 4 is 49.9 Å². The number of rotatable bonds is 4. The van der Waals surface area contributed by atoms with Crippen molar-refractivity contribution in [2.24, 2.45) is 15.9 Å². The molecule has 0 saturated heterocycles. The molecule has 0 aliphatic carbocycles. The standard InChI is InChI=1S/C16H14ClN5O2S/c17-10-1-6-13-14(7-8-20-15(13)9-10)21-11-2-4-12(5-3-11)25(23,24)22-16(18)19/h1-9H,(H,20,21)(H4,18,19,22). The summed E-state index contributed by atoms with van der Waals surface area (Å²) in [6, 6.07) is 13.3. The van der Waals surface area contributed by atoms with E-state index in [4.69, 9.17) is 23.1 Å². The highest BCUT2D eigenvalue weighted by molar-refractivity contribution is 7.90. The highest BCUT2D eigenvalue weighted by atomic mass is 35.5. The summed E-state index contributed by atoms with van der Waals surface area (Å²) in [5.41, 5.74) is 12.5. The zero-order chi connectivity index (χ0) is 18.0. The van der Waals surface area contributed by atoms with E-state index in [1.165, 1.54) is 12.1 Å². The Morgan fingerprint density at radius 3 is 2.48 bits per heavy atom. The molecule has 0 amide bonds. The Kier molecular flexibility index (Phi) is 4.47. The Morgan fingerprint density at radius 1 is 1.08 bits per heavy atom. The van der Waals surface area contributed by atoms with Crippen LogP contribution in [0.15, 0.2) is 64.0 Å². The first-order chi connectivity index (χ1) is 11.8. The van der Waals surface area contributed by atoms with Gasteiger partial charge in [-0.25, -0.2) is 0 Å². The number of guanidine groups is 1. The van der Waals surface area contributed by atoms with Gasteiger partial charge in [-0.3, -0.25) is 4.98 Å². The van der Waals surface area contributed by atoms with Crippen LogP contribution in [0.4, 0.5) is 11.4 Å². The summed E-state index contributed by atoms with van der Waals surface area (Å²) in [5.74, 6) is -0.510. The minimum Gasteiger partial charge on any atom is -0.369 e. The van der Waals surface area contributed by atoms with Crippen LogP contribution in [-0.4, -0.2) is 19.4 Å². The van der Waals surface area contributed by atoms with Crippen molar-refractivity contribution < 1.29 is 8.42 Å². The van der Waals surface area contributed by atoms with E-state index in [1.54, 1.807) is 30.5 Å². The van der Waals surface area contributed by atoms with Crippen molar-refractivity contribution in [3.8, 4) is 0 Å². The minimum atomic E-state index is -3.90. The second-order valence-corrected chi connectivity index (χ2v) is 7.20. The van der Waals surface area contributed by atoms with Gasteiger partial charge in [0.1, 0.15) is 0 Å². The smallest absolute Gasteiger partial charge is 0.285 e. The van der Waals surface area contributed by atoms with E-state index in [1.807, 2.05) is 12.1 Å². The largest absolute Gasteiger partial charge is 0.369 e. The van der Waals surface area contributed by atoms with Crippen molar-refractivity contribution in [1.82, 2.24) is 4.98 Å². The summed E-state index contributed by atoms with van der Waals surface area (Å²) in [6.07, 6.45) is 1.67. The third-order valence-corrected chi connectivity index (χ3v) is 4.92. The molecule has 7 nitrogen and oxygen atoms in total. The molecule has 3 rings (SSSR count). The number of nitrogens with one attached hydrogen (secondary N) is 1. The van der Waals surface area contributed by atoms with Gasteiger partial charge in [-0.15, -0.1) is 4.40 Å². The summed E-state index contributed by atoms with van der Waals surface area (Å²) in [5, 5.41) is 4.72. The summed E-state index contributed by atoms with van der Waals surface area (Å²) < 4.78 is 27.1. The van der Waals surface area contributed by atoms with Crippen LogP contribution in [0.2, 0.25) is 5.02 Å². The molecular formula is C16H14ClN5O2S. The second kappa shape index (κ2) is 6.58. The highest BCUT2D eigenvalue weighted by Crippen LogP contribution is 2.27. The molecule has 25 heavy (non-hydrogen) atoms. The molecule has 0 fully saturated rings. The van der Waals surface area contributed by atoms with Crippen molar-refractivity contribution in [1.29, 1.82) is 0 Å². The molecule has 0 aliphatic rings. The fourth-order valence-corrected chi connectivity index (χ4v) is 3.32. The maximum atomic E-state index is 11.9. The maximum absolute atomic E-state index is 11.9. The molecule has 1 heterocycles. The Labute approximate surface area is 149 Å². The molecule has 3 aromatic rings. The first kappa shape index (κ1) is 17.0. The van der Waals surface area contributed by atoms with Crippen LogP contribution in [-0.2, 0) is 10.0 Å². The van der Waals surface area contributed by atoms with Gasteiger partial charge in [-0.05, 0) is 48.5 Å². The second-order valence-electron chi connectivity index (χ2n) is 5.16. The third-order valence-electron chi connectivity index (χ3n) is 3.36. The van der Waals surface area contributed by atoms with E-state index in [2.05, 4.69) is 14.7 Å². The van der Waals surface area contributed by atoms with E-state index in [0.29, 0.717) is 10.7 Å². The summed E-state index contributed by atoms with van der Waals surface area (Å²) in [7, 11) is -3.90. The maximum Gasteiger partial charge on any atom is 0.285 e. The number of benzene rings is 2. The van der Waals surface area contributed by atoms with E-state index in [9.17, 15) is 8.42 Å². The molecule has 0 saturated carbocycles. The van der Waals surface area contributed by atoms with Crippen molar-refractivity contribution in [3.63, 3.8) is 0 Å². The van der Waals surface area contributed by atoms with Crippen LogP contribution < -0.4 is 16.8 Å². The number of nitrogens with two attached hydrogens (primary N) is 2. The van der Waals surface area contributed by atoms with Crippen molar-refractivity contribution in [2.75, 3.05) is 5.32 Å². The number of pyridine rings is 1. The third kappa shape index (κ3) is 3.81. The zero-order valence-corrected chi connectivity index (χ0v) is 14.4. The Hall–Kier alpha value is -2.84. The molecule has 0 spiro atoms. The molecule has 0 atom stereocenters. The van der Waals surface area contributed by atoms with Gasteiger partial charge in [0.15, 0.2) is 0 Å². The highest BCUT2D eigenvalue weighted by Gasteiger charge is 2.13. The lowest BCUT2D eigenvalue weighted by Crippen LogP contribution is -2.24. The predicted molar refractivity (Wildman–Crippen MR) is 99.5 cm³/mol. The van der Waals surface area contributed by atoms with Crippen LogP contribution in [0, 0.1) is 0 Å².